The predicted octanol–water partition coefficient (Wildman–Crippen LogP) is 5.17. The quantitative estimate of drug-likeness (QED) is 0.649. The molecule has 6 rings (SSSR count). The molecule has 1 saturated heterocycles. The number of ether oxygens (including phenoxy) is 1. The Hall–Kier alpha value is -0.630. The lowest BCUT2D eigenvalue weighted by atomic mass is 9.46. The first-order valence-corrected chi connectivity index (χ1v) is 11.5. The van der Waals surface area contributed by atoms with Crippen LogP contribution in [0.2, 0.25) is 0 Å². The molecule has 0 amide bonds. The maximum Gasteiger partial charge on any atom is 0.155 e. The van der Waals surface area contributed by atoms with Crippen molar-refractivity contribution in [1.82, 2.24) is 0 Å². The van der Waals surface area contributed by atoms with Crippen molar-refractivity contribution < 1.29 is 9.53 Å². The largest absolute Gasteiger partial charge is 0.374 e. The third kappa shape index (κ3) is 1.81. The van der Waals surface area contributed by atoms with E-state index in [4.69, 9.17) is 4.74 Å². The van der Waals surface area contributed by atoms with Crippen LogP contribution in [0.25, 0.3) is 0 Å². The van der Waals surface area contributed by atoms with Crippen LogP contribution in [0.4, 0.5) is 0 Å². The fourth-order valence-electron chi connectivity index (χ4n) is 9.28. The standard InChI is InChI=1S/C24H34O2/c1-3-14-11-15-12-16(25)5-6-17(15)18-7-9-23(2)22(21(14)18)19-13-20(19)24(23)8-4-10-26-24/h12,14,17-22H,3-11,13H2,1-2H3/t14?,17-,18?,19?,20?,21?,22?,23-,24-/m0/s1. The van der Waals surface area contributed by atoms with Gasteiger partial charge >= 0.3 is 0 Å². The van der Waals surface area contributed by atoms with Crippen LogP contribution in [0.3, 0.4) is 0 Å². The Bertz CT molecular complexity index is 672. The number of allylic oxidation sites excluding steroid dienone is 1. The zero-order valence-corrected chi connectivity index (χ0v) is 16.5. The van der Waals surface area contributed by atoms with E-state index in [-0.39, 0.29) is 5.60 Å². The van der Waals surface area contributed by atoms with Crippen molar-refractivity contribution in [1.29, 1.82) is 0 Å². The monoisotopic (exact) mass is 354 g/mol. The van der Waals surface area contributed by atoms with E-state index in [2.05, 4.69) is 19.9 Å². The molecule has 5 aliphatic carbocycles. The lowest BCUT2D eigenvalue weighted by Crippen LogP contribution is -2.56. The van der Waals surface area contributed by atoms with Gasteiger partial charge in [-0.15, -0.1) is 0 Å². The van der Waals surface area contributed by atoms with Gasteiger partial charge in [0, 0.05) is 18.4 Å². The van der Waals surface area contributed by atoms with Crippen LogP contribution < -0.4 is 0 Å². The second kappa shape index (κ2) is 5.25. The number of ketones is 1. The van der Waals surface area contributed by atoms with Gasteiger partial charge in [0.25, 0.3) is 0 Å². The molecule has 0 aromatic heterocycles. The highest BCUT2D eigenvalue weighted by atomic mass is 16.5. The van der Waals surface area contributed by atoms with Gasteiger partial charge in [-0.3, -0.25) is 4.79 Å². The smallest absolute Gasteiger partial charge is 0.155 e. The molecule has 9 atom stereocenters. The van der Waals surface area contributed by atoms with E-state index in [0.29, 0.717) is 11.2 Å². The predicted molar refractivity (Wildman–Crippen MR) is 102 cm³/mol. The molecule has 0 aromatic rings. The van der Waals surface area contributed by atoms with Crippen LogP contribution in [0.1, 0.15) is 71.6 Å². The van der Waals surface area contributed by atoms with Crippen molar-refractivity contribution in [2.24, 2.45) is 46.8 Å². The van der Waals surface area contributed by atoms with Gasteiger partial charge in [0.1, 0.15) is 0 Å². The normalized spacial score (nSPS) is 57.2. The fraction of sp³-hybridized carbons (Fsp3) is 0.875. The molecule has 2 nitrogen and oxygen atoms in total. The number of hydrogen-bond donors (Lipinski definition) is 0. The molecule has 0 N–H and O–H groups in total. The summed E-state index contributed by atoms with van der Waals surface area (Å²) in [5.74, 6) is 6.40. The summed E-state index contributed by atoms with van der Waals surface area (Å²) in [5.41, 5.74) is 2.21. The fourth-order valence-corrected chi connectivity index (χ4v) is 9.28. The second-order valence-electron chi connectivity index (χ2n) is 10.8. The van der Waals surface area contributed by atoms with Gasteiger partial charge in [0.2, 0.25) is 0 Å². The first-order valence-electron chi connectivity index (χ1n) is 11.5. The molecule has 6 unspecified atom stereocenters. The Morgan fingerprint density at radius 1 is 1.23 bits per heavy atom. The van der Waals surface area contributed by atoms with Crippen LogP contribution >= 0.6 is 0 Å². The van der Waals surface area contributed by atoms with E-state index in [9.17, 15) is 4.79 Å². The van der Waals surface area contributed by atoms with E-state index in [1.54, 1.807) is 0 Å². The lowest BCUT2D eigenvalue weighted by molar-refractivity contribution is -0.156. The SMILES string of the molecule is CCC1CC2=CC(=O)CC[C@@H]2C2CC[C@@]3(C)C(C4CC4[C@@]34CCCO4)C12. The maximum absolute atomic E-state index is 12.0. The van der Waals surface area contributed by atoms with E-state index in [1.165, 1.54) is 50.5 Å². The van der Waals surface area contributed by atoms with Gasteiger partial charge in [-0.2, -0.15) is 0 Å². The minimum absolute atomic E-state index is 0.240. The third-order valence-corrected chi connectivity index (χ3v) is 10.2. The summed E-state index contributed by atoms with van der Waals surface area (Å²) in [6, 6.07) is 0. The van der Waals surface area contributed by atoms with Crippen molar-refractivity contribution in [3.05, 3.63) is 11.6 Å². The first-order chi connectivity index (χ1) is 12.6. The van der Waals surface area contributed by atoms with Gasteiger partial charge in [0.05, 0.1) is 5.60 Å². The van der Waals surface area contributed by atoms with Crippen LogP contribution in [-0.4, -0.2) is 18.0 Å². The van der Waals surface area contributed by atoms with Crippen LogP contribution in [0, 0.1) is 46.8 Å². The summed E-state index contributed by atoms with van der Waals surface area (Å²) in [6.07, 6.45) is 13.3. The second-order valence-corrected chi connectivity index (χ2v) is 10.8. The van der Waals surface area contributed by atoms with Crippen molar-refractivity contribution in [2.45, 2.75) is 77.2 Å². The topological polar surface area (TPSA) is 26.3 Å². The van der Waals surface area contributed by atoms with Crippen LogP contribution in [0.15, 0.2) is 11.6 Å². The van der Waals surface area contributed by atoms with E-state index >= 15 is 0 Å². The Morgan fingerprint density at radius 3 is 2.88 bits per heavy atom. The maximum atomic E-state index is 12.0. The molecule has 1 aliphatic heterocycles. The highest BCUT2D eigenvalue weighted by molar-refractivity contribution is 5.91. The molecule has 0 aromatic carbocycles. The average Bonchev–Trinajstić information content (AvgIpc) is 3.20. The Balaban J connectivity index is 1.41. The van der Waals surface area contributed by atoms with E-state index in [0.717, 1.165) is 60.9 Å². The molecule has 1 heterocycles. The molecule has 26 heavy (non-hydrogen) atoms. The molecule has 1 spiro atoms. The number of fused-ring (bicyclic) bond motifs is 9. The third-order valence-electron chi connectivity index (χ3n) is 10.2. The van der Waals surface area contributed by atoms with E-state index in [1.807, 2.05) is 0 Å². The van der Waals surface area contributed by atoms with Gasteiger partial charge < -0.3 is 4.74 Å². The first kappa shape index (κ1) is 16.3. The van der Waals surface area contributed by atoms with Crippen molar-refractivity contribution in [2.75, 3.05) is 6.61 Å². The molecule has 6 aliphatic rings. The Kier molecular flexibility index (Phi) is 3.30. The summed E-state index contributed by atoms with van der Waals surface area (Å²) in [6.45, 7) is 6.04. The molecule has 0 bridgehead atoms. The number of rotatable bonds is 1. The molecule has 4 saturated carbocycles. The van der Waals surface area contributed by atoms with Crippen molar-refractivity contribution in [3.63, 3.8) is 0 Å². The zero-order valence-electron chi connectivity index (χ0n) is 16.5. The van der Waals surface area contributed by atoms with Gasteiger partial charge in [-0.05, 0) is 92.4 Å². The van der Waals surface area contributed by atoms with Gasteiger partial charge in [-0.25, -0.2) is 0 Å². The molecule has 0 radical (unpaired) electrons. The van der Waals surface area contributed by atoms with E-state index < -0.39 is 0 Å². The molecule has 142 valence electrons. The van der Waals surface area contributed by atoms with Gasteiger partial charge in [0.15, 0.2) is 5.78 Å². The lowest BCUT2D eigenvalue weighted by Gasteiger charge is -2.59. The van der Waals surface area contributed by atoms with Crippen molar-refractivity contribution >= 4 is 5.78 Å². The molecule has 5 fully saturated rings. The Morgan fingerprint density at radius 2 is 2.12 bits per heavy atom. The summed E-state index contributed by atoms with van der Waals surface area (Å²) in [7, 11) is 0. The van der Waals surface area contributed by atoms with Crippen LogP contribution in [-0.2, 0) is 9.53 Å². The highest BCUT2D eigenvalue weighted by Gasteiger charge is 2.77. The summed E-state index contributed by atoms with van der Waals surface area (Å²) < 4.78 is 6.64. The highest BCUT2D eigenvalue weighted by Crippen LogP contribution is 2.78. The number of carbonyl (C=O) groups is 1. The molecular formula is C24H34O2. The Labute approximate surface area is 158 Å². The molecular weight excluding hydrogens is 320 g/mol. The molecule has 2 heteroatoms. The number of carbonyl (C=O) groups excluding carboxylic acids is 1. The van der Waals surface area contributed by atoms with Crippen molar-refractivity contribution in [3.8, 4) is 0 Å². The minimum atomic E-state index is 0.240. The zero-order chi connectivity index (χ0) is 17.7. The van der Waals surface area contributed by atoms with Crippen LogP contribution in [0.5, 0.6) is 0 Å². The summed E-state index contributed by atoms with van der Waals surface area (Å²) in [4.78, 5) is 12.0. The average molecular weight is 355 g/mol. The summed E-state index contributed by atoms with van der Waals surface area (Å²) in [5, 5.41) is 0. The minimum Gasteiger partial charge on any atom is -0.374 e. The summed E-state index contributed by atoms with van der Waals surface area (Å²) >= 11 is 0. The van der Waals surface area contributed by atoms with Gasteiger partial charge in [-0.1, -0.05) is 25.8 Å². The number of hydrogen-bond acceptors (Lipinski definition) is 2.